The van der Waals surface area contributed by atoms with Crippen LogP contribution in [0.15, 0.2) is 36.5 Å². The second-order valence-electron chi connectivity index (χ2n) is 6.67. The first kappa shape index (κ1) is 24.5. The van der Waals surface area contributed by atoms with E-state index in [1.165, 1.54) is 10.9 Å². The molecule has 0 bridgehead atoms. The highest BCUT2D eigenvalue weighted by Crippen LogP contribution is 2.25. The average Bonchev–Trinajstić information content (AvgIpc) is 3.21. The van der Waals surface area contributed by atoms with Crippen molar-refractivity contribution >= 4 is 34.6 Å². The number of hydrogen-bond acceptors (Lipinski definition) is 4. The number of carbonyl (C=O) groups is 3. The van der Waals surface area contributed by atoms with Crippen LogP contribution in [0, 0.1) is 0 Å². The zero-order chi connectivity index (χ0) is 21.4. The average molecular weight is 420 g/mol. The first-order chi connectivity index (χ1) is 13.8. The van der Waals surface area contributed by atoms with Crippen LogP contribution in [-0.2, 0) is 16.0 Å². The molecule has 164 valence electrons. The molecule has 10 heteroatoms. The molecule has 2 aromatic rings. The van der Waals surface area contributed by atoms with Gasteiger partial charge in [0.2, 0.25) is 0 Å². The van der Waals surface area contributed by atoms with Crippen molar-refractivity contribution in [1.29, 1.82) is 0 Å². The smallest absolute Gasteiger partial charge is 0.328 e. The zero-order valence-electron chi connectivity index (χ0n) is 16.9. The Morgan fingerprint density at radius 1 is 1.17 bits per heavy atom. The number of nitrogens with one attached hydrogen (secondary N) is 4. The molecule has 0 spiro atoms. The van der Waals surface area contributed by atoms with Crippen molar-refractivity contribution in [3.8, 4) is 0 Å². The van der Waals surface area contributed by atoms with Gasteiger partial charge < -0.3 is 36.6 Å². The highest BCUT2D eigenvalue weighted by atomic mass is 16.4. The van der Waals surface area contributed by atoms with Crippen LogP contribution < -0.4 is 16.0 Å². The van der Waals surface area contributed by atoms with Crippen LogP contribution in [-0.4, -0.2) is 57.3 Å². The molecule has 2 unspecified atom stereocenters. The third-order valence-corrected chi connectivity index (χ3v) is 4.50. The highest BCUT2D eigenvalue weighted by molar-refractivity contribution is 5.93. The maximum Gasteiger partial charge on any atom is 0.328 e. The molecule has 8 N–H and O–H groups in total. The molecule has 2 amide bonds. The minimum Gasteiger partial charge on any atom is -0.478 e. The third kappa shape index (κ3) is 7.13. The van der Waals surface area contributed by atoms with E-state index in [1.54, 1.807) is 0 Å². The number of aromatic amines is 1. The van der Waals surface area contributed by atoms with Gasteiger partial charge >= 0.3 is 18.0 Å². The quantitative estimate of drug-likeness (QED) is 0.370. The number of aryl methyl sites for hydroxylation is 1. The van der Waals surface area contributed by atoms with Crippen molar-refractivity contribution in [2.45, 2.75) is 38.8 Å². The Balaban J connectivity index is 0.000000431. The van der Waals surface area contributed by atoms with Crippen LogP contribution in [0.5, 0.6) is 0 Å². The lowest BCUT2D eigenvalue weighted by Gasteiger charge is -2.14. The molecule has 0 radical (unpaired) electrons. The highest BCUT2D eigenvalue weighted by Gasteiger charge is 2.27. The van der Waals surface area contributed by atoms with E-state index < -0.39 is 11.9 Å². The number of H-pyrrole nitrogens is 1. The van der Waals surface area contributed by atoms with E-state index in [2.05, 4.69) is 46.1 Å². The lowest BCUT2D eigenvalue weighted by atomic mass is 10.0. The van der Waals surface area contributed by atoms with Crippen LogP contribution in [0.3, 0.4) is 0 Å². The van der Waals surface area contributed by atoms with E-state index in [1.807, 2.05) is 13.1 Å². The van der Waals surface area contributed by atoms with Gasteiger partial charge in [0.05, 0.1) is 11.7 Å². The number of rotatable bonds is 7. The SMILES string of the molecule is CCNc1c[nH]c2ccc(CCC3NC(=O)NC3C)cc12.O.O=C(O)/C=C\C(=O)O. The van der Waals surface area contributed by atoms with Gasteiger partial charge in [-0.2, -0.15) is 0 Å². The van der Waals surface area contributed by atoms with E-state index >= 15 is 0 Å². The summed E-state index contributed by atoms with van der Waals surface area (Å²) in [6, 6.07) is 6.88. The van der Waals surface area contributed by atoms with Gasteiger partial charge in [0.15, 0.2) is 0 Å². The molecule has 1 aliphatic heterocycles. The van der Waals surface area contributed by atoms with Crippen molar-refractivity contribution in [2.24, 2.45) is 0 Å². The molecule has 1 aromatic carbocycles. The second kappa shape index (κ2) is 11.5. The summed E-state index contributed by atoms with van der Waals surface area (Å²) in [4.78, 5) is 33.7. The van der Waals surface area contributed by atoms with Gasteiger partial charge in [0, 0.05) is 41.8 Å². The fourth-order valence-electron chi connectivity index (χ4n) is 3.09. The largest absolute Gasteiger partial charge is 0.478 e. The van der Waals surface area contributed by atoms with E-state index in [0.29, 0.717) is 12.2 Å². The topological polar surface area (TPSA) is 175 Å². The number of benzene rings is 1. The van der Waals surface area contributed by atoms with Crippen LogP contribution in [0.2, 0.25) is 0 Å². The molecule has 2 atom stereocenters. The van der Waals surface area contributed by atoms with E-state index in [0.717, 1.165) is 30.6 Å². The molecule has 1 aromatic heterocycles. The maximum atomic E-state index is 11.3. The summed E-state index contributed by atoms with van der Waals surface area (Å²) in [5.41, 5.74) is 3.60. The third-order valence-electron chi connectivity index (χ3n) is 4.50. The summed E-state index contributed by atoms with van der Waals surface area (Å²) >= 11 is 0. The summed E-state index contributed by atoms with van der Waals surface area (Å²) in [7, 11) is 0. The van der Waals surface area contributed by atoms with Gasteiger partial charge in [-0.15, -0.1) is 0 Å². The summed E-state index contributed by atoms with van der Waals surface area (Å²) in [6.45, 7) is 5.05. The molecule has 2 heterocycles. The van der Waals surface area contributed by atoms with Gasteiger partial charge in [0.1, 0.15) is 0 Å². The van der Waals surface area contributed by atoms with Crippen molar-refractivity contribution in [3.63, 3.8) is 0 Å². The van der Waals surface area contributed by atoms with Gasteiger partial charge in [-0.1, -0.05) is 6.07 Å². The number of hydrogen-bond donors (Lipinski definition) is 6. The molecule has 3 rings (SSSR count). The molecule has 1 fully saturated rings. The Bertz CT molecular complexity index is 892. The summed E-state index contributed by atoms with van der Waals surface area (Å²) in [6.07, 6.45) is 5.04. The maximum absolute atomic E-state index is 11.3. The van der Waals surface area contributed by atoms with E-state index in [-0.39, 0.29) is 23.6 Å². The molecular weight excluding hydrogens is 392 g/mol. The van der Waals surface area contributed by atoms with Gasteiger partial charge in [-0.05, 0) is 44.4 Å². The lowest BCUT2D eigenvalue weighted by molar-refractivity contribution is -0.134. The fraction of sp³-hybridized carbons (Fsp3) is 0.350. The van der Waals surface area contributed by atoms with Crippen LogP contribution in [0.4, 0.5) is 10.5 Å². The van der Waals surface area contributed by atoms with Crippen LogP contribution in [0.1, 0.15) is 25.8 Å². The molecule has 1 saturated heterocycles. The molecule has 0 aliphatic carbocycles. The number of carboxylic acid groups (broad SMARTS) is 2. The Morgan fingerprint density at radius 2 is 1.83 bits per heavy atom. The number of amides is 2. The van der Waals surface area contributed by atoms with Gasteiger partial charge in [-0.3, -0.25) is 0 Å². The molecule has 30 heavy (non-hydrogen) atoms. The van der Waals surface area contributed by atoms with Crippen molar-refractivity contribution in [2.75, 3.05) is 11.9 Å². The number of carbonyl (C=O) groups excluding carboxylic acids is 1. The summed E-state index contributed by atoms with van der Waals surface area (Å²) < 4.78 is 0. The van der Waals surface area contributed by atoms with Crippen LogP contribution >= 0.6 is 0 Å². The van der Waals surface area contributed by atoms with Crippen LogP contribution in [0.25, 0.3) is 10.9 Å². The number of anilines is 1. The van der Waals surface area contributed by atoms with Crippen molar-refractivity contribution < 1.29 is 30.1 Å². The predicted octanol–water partition coefficient (Wildman–Crippen LogP) is 1.49. The van der Waals surface area contributed by atoms with Crippen molar-refractivity contribution in [1.82, 2.24) is 15.6 Å². The molecule has 1 aliphatic rings. The minimum atomic E-state index is -1.26. The fourth-order valence-corrected chi connectivity index (χ4v) is 3.09. The lowest BCUT2D eigenvalue weighted by Crippen LogP contribution is -2.31. The first-order valence-corrected chi connectivity index (χ1v) is 9.35. The zero-order valence-corrected chi connectivity index (χ0v) is 16.9. The predicted molar refractivity (Wildman–Crippen MR) is 114 cm³/mol. The van der Waals surface area contributed by atoms with E-state index in [9.17, 15) is 14.4 Å². The Labute approximate surface area is 173 Å². The molecule has 10 nitrogen and oxygen atoms in total. The Hall–Kier alpha value is -3.53. The van der Waals surface area contributed by atoms with Gasteiger partial charge in [-0.25, -0.2) is 14.4 Å². The standard InChI is InChI=1S/C16H22N4O.C4H4O4.H2O/c1-3-17-15-9-18-14-7-5-11(8-12(14)15)4-6-13-10(2)19-16(21)20-13;5-3(6)1-2-4(7)8;/h5,7-10,13,17-18H,3-4,6H2,1-2H3,(H2,19,20,21);1-2H,(H,5,6)(H,7,8);1H2/b;2-1-;. The van der Waals surface area contributed by atoms with E-state index in [4.69, 9.17) is 10.2 Å². The normalized spacial score (nSPS) is 17.5. The first-order valence-electron chi connectivity index (χ1n) is 9.35. The Kier molecular flexibility index (Phi) is 9.37. The molecular formula is C20H28N4O6. The number of urea groups is 1. The summed E-state index contributed by atoms with van der Waals surface area (Å²) in [5, 5.41) is 26.1. The second-order valence-corrected chi connectivity index (χ2v) is 6.67. The number of carboxylic acids is 2. The van der Waals surface area contributed by atoms with Gasteiger partial charge in [0.25, 0.3) is 0 Å². The molecule has 0 saturated carbocycles. The monoisotopic (exact) mass is 420 g/mol. The number of fused-ring (bicyclic) bond motifs is 1. The number of aromatic nitrogens is 1. The van der Waals surface area contributed by atoms with Crippen molar-refractivity contribution in [3.05, 3.63) is 42.1 Å². The minimum absolute atomic E-state index is 0. The summed E-state index contributed by atoms with van der Waals surface area (Å²) in [5.74, 6) is -2.51. The number of aliphatic carboxylic acids is 2. The Morgan fingerprint density at radius 3 is 2.37 bits per heavy atom.